The summed E-state index contributed by atoms with van der Waals surface area (Å²) in [5.41, 5.74) is 1.47. The minimum Gasteiger partial charge on any atom is -0.339 e. The van der Waals surface area contributed by atoms with E-state index in [1.807, 2.05) is 29.2 Å². The van der Waals surface area contributed by atoms with E-state index in [4.69, 9.17) is 0 Å². The molecule has 4 rings (SSSR count). The van der Waals surface area contributed by atoms with E-state index in [9.17, 15) is 9.59 Å². The Morgan fingerprint density at radius 2 is 1.93 bits per heavy atom. The van der Waals surface area contributed by atoms with Gasteiger partial charge in [0.2, 0.25) is 0 Å². The number of amides is 3. The first-order valence-corrected chi connectivity index (χ1v) is 9.89. The van der Waals surface area contributed by atoms with Crippen LogP contribution in [0.5, 0.6) is 0 Å². The molecule has 6 nitrogen and oxygen atoms in total. The molecule has 0 spiro atoms. The molecule has 2 N–H and O–H groups in total. The summed E-state index contributed by atoms with van der Waals surface area (Å²) in [5, 5.41) is 6.51. The van der Waals surface area contributed by atoms with Crippen molar-refractivity contribution in [2.45, 2.75) is 38.1 Å². The van der Waals surface area contributed by atoms with Crippen LogP contribution in [0, 0.1) is 5.92 Å². The maximum Gasteiger partial charge on any atom is 0.321 e. The number of anilines is 1. The van der Waals surface area contributed by atoms with E-state index in [0.717, 1.165) is 57.0 Å². The van der Waals surface area contributed by atoms with Crippen LogP contribution in [-0.4, -0.2) is 55.6 Å². The summed E-state index contributed by atoms with van der Waals surface area (Å²) in [6, 6.07) is 7.94. The smallest absolute Gasteiger partial charge is 0.321 e. The quantitative estimate of drug-likeness (QED) is 0.809. The van der Waals surface area contributed by atoms with Gasteiger partial charge in [-0.3, -0.25) is 9.69 Å². The third-order valence-electron chi connectivity index (χ3n) is 5.66. The van der Waals surface area contributed by atoms with Gasteiger partial charge < -0.3 is 15.5 Å². The summed E-state index contributed by atoms with van der Waals surface area (Å²) in [6.07, 6.45) is 5.70. The van der Waals surface area contributed by atoms with E-state index in [1.165, 1.54) is 12.8 Å². The third kappa shape index (κ3) is 4.93. The zero-order valence-corrected chi connectivity index (χ0v) is 16.5. The highest BCUT2D eigenvalue weighted by molar-refractivity contribution is 5.98. The summed E-state index contributed by atoms with van der Waals surface area (Å²) in [6.45, 7) is 4.16. The molecule has 3 aliphatic rings. The Balaban J connectivity index is 0.00000210. The van der Waals surface area contributed by atoms with Crippen LogP contribution >= 0.6 is 12.4 Å². The lowest BCUT2D eigenvalue weighted by atomic mass is 10.0. The summed E-state index contributed by atoms with van der Waals surface area (Å²) >= 11 is 0. The van der Waals surface area contributed by atoms with Gasteiger partial charge in [-0.1, -0.05) is 6.07 Å². The number of urea groups is 1. The van der Waals surface area contributed by atoms with Crippen LogP contribution in [0.25, 0.3) is 0 Å². The van der Waals surface area contributed by atoms with Crippen LogP contribution < -0.4 is 15.5 Å². The molecule has 0 radical (unpaired) electrons. The highest BCUT2D eigenvalue weighted by Crippen LogP contribution is 2.28. The van der Waals surface area contributed by atoms with Gasteiger partial charge in [-0.25, -0.2) is 4.79 Å². The van der Waals surface area contributed by atoms with Gasteiger partial charge in [0.25, 0.3) is 5.91 Å². The van der Waals surface area contributed by atoms with E-state index in [1.54, 1.807) is 4.90 Å². The predicted octanol–water partition coefficient (Wildman–Crippen LogP) is 2.63. The molecule has 1 aromatic rings. The molecule has 7 heteroatoms. The zero-order chi connectivity index (χ0) is 17.9. The van der Waals surface area contributed by atoms with E-state index >= 15 is 0 Å². The van der Waals surface area contributed by atoms with Crippen molar-refractivity contribution in [3.05, 3.63) is 29.8 Å². The highest BCUT2D eigenvalue weighted by atomic mass is 35.5. The maximum atomic E-state index is 12.9. The van der Waals surface area contributed by atoms with Gasteiger partial charge in [-0.15, -0.1) is 12.4 Å². The molecule has 0 bridgehead atoms. The average Bonchev–Trinajstić information content (AvgIpc) is 3.51. The van der Waals surface area contributed by atoms with Crippen molar-refractivity contribution >= 4 is 30.0 Å². The van der Waals surface area contributed by atoms with Gasteiger partial charge >= 0.3 is 6.03 Å². The van der Waals surface area contributed by atoms with E-state index in [2.05, 4.69) is 10.6 Å². The number of likely N-dealkylation sites (tertiary alicyclic amines) is 1. The molecule has 1 aromatic carbocycles. The standard InChI is InChI=1S/C20H28N4O2.ClH/c25-19(23-11-7-17(8-12-23)22-14-15-5-6-15)16-3-1-4-18(13-16)24-10-2-9-21-20(24)26;/h1,3-4,13,15,17,22H,2,5-12,14H2,(H,21,26);1H. The summed E-state index contributed by atoms with van der Waals surface area (Å²) in [4.78, 5) is 28.6. The number of carbonyl (C=O) groups is 2. The van der Waals surface area contributed by atoms with Crippen molar-refractivity contribution in [2.75, 3.05) is 37.6 Å². The van der Waals surface area contributed by atoms with Crippen LogP contribution in [0.1, 0.15) is 42.5 Å². The monoisotopic (exact) mass is 392 g/mol. The number of benzene rings is 1. The van der Waals surface area contributed by atoms with Gasteiger partial charge in [0.05, 0.1) is 0 Å². The van der Waals surface area contributed by atoms with Gasteiger partial charge in [0.1, 0.15) is 0 Å². The number of hydrogen-bond acceptors (Lipinski definition) is 3. The second-order valence-electron chi connectivity index (χ2n) is 7.71. The van der Waals surface area contributed by atoms with E-state index in [0.29, 0.717) is 18.2 Å². The number of halogens is 1. The first-order chi connectivity index (χ1) is 12.7. The zero-order valence-electron chi connectivity index (χ0n) is 15.7. The number of nitrogens with one attached hydrogen (secondary N) is 2. The fourth-order valence-electron chi connectivity index (χ4n) is 3.81. The molecular formula is C20H29ClN4O2. The van der Waals surface area contributed by atoms with Gasteiger partial charge in [-0.05, 0) is 62.8 Å². The van der Waals surface area contributed by atoms with Crippen molar-refractivity contribution in [3.63, 3.8) is 0 Å². The lowest BCUT2D eigenvalue weighted by Gasteiger charge is -2.33. The lowest BCUT2D eigenvalue weighted by molar-refractivity contribution is 0.0705. The molecule has 27 heavy (non-hydrogen) atoms. The second kappa shape index (κ2) is 8.93. The number of rotatable bonds is 5. The molecule has 0 aromatic heterocycles. The van der Waals surface area contributed by atoms with Crippen molar-refractivity contribution < 1.29 is 9.59 Å². The maximum absolute atomic E-state index is 12.9. The molecular weight excluding hydrogens is 364 g/mol. The van der Waals surface area contributed by atoms with Crippen LogP contribution in [0.2, 0.25) is 0 Å². The molecule has 3 amide bonds. The minimum absolute atomic E-state index is 0. The van der Waals surface area contributed by atoms with Crippen LogP contribution in [0.15, 0.2) is 24.3 Å². The Hall–Kier alpha value is -1.79. The minimum atomic E-state index is -0.0802. The van der Waals surface area contributed by atoms with Gasteiger partial charge in [0, 0.05) is 43.5 Å². The van der Waals surface area contributed by atoms with Crippen LogP contribution in [-0.2, 0) is 0 Å². The lowest BCUT2D eigenvalue weighted by Crippen LogP contribution is -2.47. The highest BCUT2D eigenvalue weighted by Gasteiger charge is 2.27. The SMILES string of the molecule is Cl.O=C(c1cccc(N2CCCNC2=O)c1)N1CCC(NCC2CC2)CC1. The molecule has 1 aliphatic carbocycles. The molecule has 2 aliphatic heterocycles. The Morgan fingerprint density at radius 1 is 1.15 bits per heavy atom. The number of piperidine rings is 1. The largest absolute Gasteiger partial charge is 0.339 e. The third-order valence-corrected chi connectivity index (χ3v) is 5.66. The summed E-state index contributed by atoms with van der Waals surface area (Å²) in [5.74, 6) is 0.967. The Bertz CT molecular complexity index is 672. The number of hydrogen-bond donors (Lipinski definition) is 2. The topological polar surface area (TPSA) is 64.7 Å². The van der Waals surface area contributed by atoms with E-state index < -0.39 is 0 Å². The summed E-state index contributed by atoms with van der Waals surface area (Å²) < 4.78 is 0. The summed E-state index contributed by atoms with van der Waals surface area (Å²) in [7, 11) is 0. The molecule has 0 atom stereocenters. The fraction of sp³-hybridized carbons (Fsp3) is 0.600. The molecule has 1 saturated carbocycles. The van der Waals surface area contributed by atoms with Crippen molar-refractivity contribution in [2.24, 2.45) is 5.92 Å². The normalized spacial score (nSPS) is 20.8. The van der Waals surface area contributed by atoms with Gasteiger partial charge in [-0.2, -0.15) is 0 Å². The molecule has 2 heterocycles. The van der Waals surface area contributed by atoms with Crippen LogP contribution in [0.3, 0.4) is 0 Å². The fourth-order valence-corrected chi connectivity index (χ4v) is 3.81. The number of carbonyl (C=O) groups excluding carboxylic acids is 2. The average molecular weight is 393 g/mol. The molecule has 0 unspecified atom stereocenters. The Labute approximate surface area is 167 Å². The van der Waals surface area contributed by atoms with Crippen molar-refractivity contribution in [1.82, 2.24) is 15.5 Å². The molecule has 3 fully saturated rings. The number of nitrogens with zero attached hydrogens (tertiary/aromatic N) is 2. The van der Waals surface area contributed by atoms with Gasteiger partial charge in [0.15, 0.2) is 0 Å². The Kier molecular flexibility index (Phi) is 6.60. The molecule has 148 valence electrons. The van der Waals surface area contributed by atoms with Crippen molar-refractivity contribution in [1.29, 1.82) is 0 Å². The van der Waals surface area contributed by atoms with Crippen molar-refractivity contribution in [3.8, 4) is 0 Å². The van der Waals surface area contributed by atoms with Crippen LogP contribution in [0.4, 0.5) is 10.5 Å². The van der Waals surface area contributed by atoms with E-state index in [-0.39, 0.29) is 24.3 Å². The first kappa shape index (κ1) is 20.0. The predicted molar refractivity (Wildman–Crippen MR) is 109 cm³/mol. The second-order valence-corrected chi connectivity index (χ2v) is 7.71. The molecule has 2 saturated heterocycles. The Morgan fingerprint density at radius 3 is 2.63 bits per heavy atom. The first-order valence-electron chi connectivity index (χ1n) is 9.89.